The molecule has 0 fully saturated rings. The van der Waals surface area contributed by atoms with E-state index in [2.05, 4.69) is 32.2 Å². The van der Waals surface area contributed by atoms with E-state index < -0.39 is 0 Å². The Morgan fingerprint density at radius 1 is 0.774 bits per heavy atom. The maximum Gasteiger partial charge on any atom is 0.232 e. The summed E-state index contributed by atoms with van der Waals surface area (Å²) < 4.78 is 7.88. The Labute approximate surface area is 177 Å². The highest BCUT2D eigenvalue weighted by Gasteiger charge is 2.24. The van der Waals surface area contributed by atoms with Gasteiger partial charge in [0.2, 0.25) is 5.71 Å². The molecule has 0 saturated carbocycles. The lowest BCUT2D eigenvalue weighted by Gasteiger charge is -2.02. The maximum absolute atomic E-state index is 6.18. The van der Waals surface area contributed by atoms with Crippen LogP contribution >= 0.6 is 0 Å². The van der Waals surface area contributed by atoms with Crippen molar-refractivity contribution >= 4 is 16.7 Å². The highest BCUT2D eigenvalue weighted by Crippen LogP contribution is 2.39. The van der Waals surface area contributed by atoms with Crippen molar-refractivity contribution in [2.45, 2.75) is 6.42 Å². The van der Waals surface area contributed by atoms with E-state index in [0.717, 1.165) is 22.2 Å². The van der Waals surface area contributed by atoms with E-state index in [1.807, 2.05) is 54.6 Å². The zero-order valence-electron chi connectivity index (χ0n) is 16.4. The first-order valence-corrected chi connectivity index (χ1v) is 9.90. The molecule has 148 valence electrons. The van der Waals surface area contributed by atoms with Crippen LogP contribution in [0.3, 0.4) is 0 Å². The third kappa shape index (κ3) is 3.03. The van der Waals surface area contributed by atoms with Crippen LogP contribution in [0.2, 0.25) is 0 Å². The van der Waals surface area contributed by atoms with Gasteiger partial charge in [-0.25, -0.2) is 14.5 Å². The summed E-state index contributed by atoms with van der Waals surface area (Å²) in [5, 5.41) is 5.41. The Balaban J connectivity index is 1.61. The minimum absolute atomic E-state index is 0.479. The van der Waals surface area contributed by atoms with Gasteiger partial charge in [0.05, 0.1) is 16.6 Å². The number of nitrogens with zero attached hydrogens (tertiary/aromatic N) is 6. The number of rotatable bonds is 4. The van der Waals surface area contributed by atoms with Crippen molar-refractivity contribution in [3.05, 3.63) is 96.8 Å². The average Bonchev–Trinajstić information content (AvgIpc) is 3.42. The topological polar surface area (TPSA) is 82.0 Å². The molecule has 0 amide bonds. The van der Waals surface area contributed by atoms with Gasteiger partial charge in [0.15, 0.2) is 17.2 Å². The van der Waals surface area contributed by atoms with Crippen molar-refractivity contribution in [1.82, 2.24) is 29.5 Å². The summed E-state index contributed by atoms with van der Waals surface area (Å²) in [4.78, 5) is 18.4. The van der Waals surface area contributed by atoms with Gasteiger partial charge in [0.1, 0.15) is 12.0 Å². The minimum atomic E-state index is 0.479. The molecule has 5 heterocycles. The molecule has 0 bridgehead atoms. The molecular formula is C24H16N6O. The van der Waals surface area contributed by atoms with Crippen molar-refractivity contribution in [2.24, 2.45) is 0 Å². The van der Waals surface area contributed by atoms with Crippen LogP contribution in [0.15, 0.2) is 89.9 Å². The van der Waals surface area contributed by atoms with Crippen molar-refractivity contribution in [1.29, 1.82) is 0 Å². The predicted molar refractivity (Wildman–Crippen MR) is 116 cm³/mol. The number of pyridine rings is 2. The summed E-state index contributed by atoms with van der Waals surface area (Å²) in [6, 6.07) is 21.6. The number of aromatic nitrogens is 6. The van der Waals surface area contributed by atoms with E-state index in [-0.39, 0.29) is 0 Å². The van der Waals surface area contributed by atoms with Crippen LogP contribution in [0.25, 0.3) is 39.5 Å². The molecule has 0 spiro atoms. The minimum Gasteiger partial charge on any atom is -0.435 e. The molecule has 0 N–H and O–H groups in total. The summed E-state index contributed by atoms with van der Waals surface area (Å²) in [7, 11) is 0. The molecule has 0 aliphatic rings. The monoisotopic (exact) mass is 404 g/mol. The van der Waals surface area contributed by atoms with Gasteiger partial charge < -0.3 is 4.42 Å². The lowest BCUT2D eigenvalue weighted by molar-refractivity contribution is 0.614. The van der Waals surface area contributed by atoms with Gasteiger partial charge in [-0.05, 0) is 29.8 Å². The van der Waals surface area contributed by atoms with Gasteiger partial charge >= 0.3 is 0 Å². The van der Waals surface area contributed by atoms with Crippen molar-refractivity contribution < 1.29 is 4.42 Å². The van der Waals surface area contributed by atoms with Crippen molar-refractivity contribution in [3.8, 4) is 22.7 Å². The zero-order chi connectivity index (χ0) is 20.6. The van der Waals surface area contributed by atoms with E-state index in [4.69, 9.17) is 9.40 Å². The van der Waals surface area contributed by atoms with Crippen molar-refractivity contribution in [2.75, 3.05) is 0 Å². The van der Waals surface area contributed by atoms with Crippen LogP contribution < -0.4 is 0 Å². The Morgan fingerprint density at radius 2 is 1.52 bits per heavy atom. The predicted octanol–water partition coefficient (Wildman–Crippen LogP) is 4.59. The Hall–Kier alpha value is -4.39. The van der Waals surface area contributed by atoms with Crippen LogP contribution in [-0.4, -0.2) is 29.5 Å². The van der Waals surface area contributed by atoms with Crippen LogP contribution in [0.5, 0.6) is 0 Å². The summed E-state index contributed by atoms with van der Waals surface area (Å²) >= 11 is 0. The van der Waals surface area contributed by atoms with Gasteiger partial charge in [0, 0.05) is 18.8 Å². The fourth-order valence-electron chi connectivity index (χ4n) is 3.73. The van der Waals surface area contributed by atoms with Gasteiger partial charge in [-0.1, -0.05) is 42.5 Å². The zero-order valence-corrected chi connectivity index (χ0v) is 16.4. The molecule has 0 radical (unpaired) electrons. The van der Waals surface area contributed by atoms with Gasteiger partial charge in [-0.3, -0.25) is 9.97 Å². The fraction of sp³-hybridized carbons (Fsp3) is 0.0417. The summed E-state index contributed by atoms with van der Waals surface area (Å²) in [5.74, 6) is 1.33. The molecule has 0 aliphatic heterocycles. The highest BCUT2D eigenvalue weighted by atomic mass is 16.3. The summed E-state index contributed by atoms with van der Waals surface area (Å²) in [6.07, 6.45) is 5.76. The lowest BCUT2D eigenvalue weighted by Crippen LogP contribution is -1.92. The number of furan rings is 1. The van der Waals surface area contributed by atoms with Gasteiger partial charge in [0.25, 0.3) is 0 Å². The molecule has 7 nitrogen and oxygen atoms in total. The fourth-order valence-corrected chi connectivity index (χ4v) is 3.73. The molecule has 0 atom stereocenters. The first-order valence-electron chi connectivity index (χ1n) is 9.90. The highest BCUT2D eigenvalue weighted by molar-refractivity contribution is 6.06. The third-order valence-corrected chi connectivity index (χ3v) is 5.10. The van der Waals surface area contributed by atoms with Gasteiger partial charge in [-0.2, -0.15) is 0 Å². The molecule has 7 heteroatoms. The standard InChI is InChI=1S/C24H16N6O/c1-2-8-16(9-3-1)14-19-28-23-21-20(17-10-4-6-12-25-17)22(18-11-5-7-13-26-18)31-24(21)27-15-30(23)29-19/h1-13,15H,14H2. The Morgan fingerprint density at radius 3 is 2.26 bits per heavy atom. The lowest BCUT2D eigenvalue weighted by atomic mass is 10.1. The molecule has 31 heavy (non-hydrogen) atoms. The van der Waals surface area contributed by atoms with Crippen LogP contribution in [-0.2, 0) is 6.42 Å². The van der Waals surface area contributed by atoms with E-state index in [0.29, 0.717) is 35.1 Å². The second-order valence-corrected chi connectivity index (χ2v) is 7.12. The quantitative estimate of drug-likeness (QED) is 0.428. The third-order valence-electron chi connectivity index (χ3n) is 5.10. The van der Waals surface area contributed by atoms with E-state index in [9.17, 15) is 0 Å². The van der Waals surface area contributed by atoms with Crippen LogP contribution in [0.1, 0.15) is 11.4 Å². The van der Waals surface area contributed by atoms with Crippen LogP contribution in [0, 0.1) is 0 Å². The number of hydrogen-bond acceptors (Lipinski definition) is 6. The molecule has 0 aliphatic carbocycles. The smallest absolute Gasteiger partial charge is 0.232 e. The van der Waals surface area contributed by atoms with E-state index in [1.54, 1.807) is 23.2 Å². The van der Waals surface area contributed by atoms with Crippen molar-refractivity contribution in [3.63, 3.8) is 0 Å². The van der Waals surface area contributed by atoms with E-state index in [1.165, 1.54) is 0 Å². The first kappa shape index (κ1) is 17.5. The Bertz CT molecular complexity index is 1490. The number of hydrogen-bond donors (Lipinski definition) is 0. The molecule has 6 aromatic rings. The van der Waals surface area contributed by atoms with Gasteiger partial charge in [-0.15, -0.1) is 5.10 Å². The molecule has 1 aromatic carbocycles. The SMILES string of the molecule is c1ccc(Cc2nc3c4c(-c5ccccn5)c(-c5ccccn5)oc4ncn3n2)cc1. The summed E-state index contributed by atoms with van der Waals surface area (Å²) in [5.41, 5.74) is 4.60. The molecule has 5 aromatic heterocycles. The summed E-state index contributed by atoms with van der Waals surface area (Å²) in [6.45, 7) is 0. The molecule has 0 saturated heterocycles. The molecule has 6 rings (SSSR count). The molecule has 0 unspecified atom stereocenters. The van der Waals surface area contributed by atoms with Crippen LogP contribution in [0.4, 0.5) is 0 Å². The maximum atomic E-state index is 6.18. The average molecular weight is 404 g/mol. The number of fused-ring (bicyclic) bond motifs is 3. The second-order valence-electron chi connectivity index (χ2n) is 7.12. The van der Waals surface area contributed by atoms with E-state index >= 15 is 0 Å². The number of benzene rings is 1. The largest absolute Gasteiger partial charge is 0.435 e. The normalized spacial score (nSPS) is 11.4. The first-order chi connectivity index (χ1) is 15.4. The molecular weight excluding hydrogens is 388 g/mol. The Kier molecular flexibility index (Phi) is 4.02. The second kappa shape index (κ2) is 7.14.